The van der Waals surface area contributed by atoms with Crippen molar-refractivity contribution in [2.45, 2.75) is 19.4 Å². The summed E-state index contributed by atoms with van der Waals surface area (Å²) in [5.74, 6) is 0.120. The second-order valence-corrected chi connectivity index (χ2v) is 5.72. The SMILES string of the molecule is CC[C@H](Nc1cccc(Cl)c1)C(=O)NN=Cc1ccc(O)c(OC)c1. The molecular weight excluding hydrogens is 342 g/mol. The number of nitrogens with zero attached hydrogens (tertiary/aromatic N) is 1. The van der Waals surface area contributed by atoms with Crippen molar-refractivity contribution in [1.29, 1.82) is 0 Å². The molecule has 0 saturated carbocycles. The highest BCUT2D eigenvalue weighted by Crippen LogP contribution is 2.25. The van der Waals surface area contributed by atoms with Crippen molar-refractivity contribution in [3.63, 3.8) is 0 Å². The zero-order valence-electron chi connectivity index (χ0n) is 14.0. The lowest BCUT2D eigenvalue weighted by Gasteiger charge is -2.16. The first-order valence-corrected chi connectivity index (χ1v) is 8.13. The van der Waals surface area contributed by atoms with Crippen LogP contribution in [0.25, 0.3) is 0 Å². The van der Waals surface area contributed by atoms with Crippen LogP contribution >= 0.6 is 11.6 Å². The Morgan fingerprint density at radius 1 is 1.36 bits per heavy atom. The number of phenols is 1. The Bertz CT molecular complexity index is 765. The van der Waals surface area contributed by atoms with Crippen molar-refractivity contribution >= 4 is 29.4 Å². The second kappa shape index (κ2) is 8.94. The Balaban J connectivity index is 1.97. The molecule has 2 aromatic rings. The van der Waals surface area contributed by atoms with Gasteiger partial charge in [-0.25, -0.2) is 5.43 Å². The molecule has 0 bridgehead atoms. The molecule has 132 valence electrons. The number of hydrogen-bond acceptors (Lipinski definition) is 5. The minimum Gasteiger partial charge on any atom is -0.504 e. The standard InChI is InChI=1S/C18H20ClN3O3/c1-3-15(21-14-6-4-5-13(19)10-14)18(24)22-20-11-12-7-8-16(23)17(9-12)25-2/h4-11,15,21,23H,3H2,1-2H3,(H,22,24)/t15-/m0/s1. The third kappa shape index (κ3) is 5.39. The van der Waals surface area contributed by atoms with Crippen LogP contribution in [0, 0.1) is 0 Å². The van der Waals surface area contributed by atoms with E-state index in [4.69, 9.17) is 16.3 Å². The van der Waals surface area contributed by atoms with E-state index < -0.39 is 6.04 Å². The molecule has 7 heteroatoms. The van der Waals surface area contributed by atoms with Gasteiger partial charge in [0.25, 0.3) is 5.91 Å². The van der Waals surface area contributed by atoms with E-state index in [0.717, 1.165) is 5.69 Å². The van der Waals surface area contributed by atoms with E-state index in [1.165, 1.54) is 19.4 Å². The summed E-state index contributed by atoms with van der Waals surface area (Å²) >= 11 is 5.95. The molecule has 0 aliphatic heterocycles. The zero-order valence-corrected chi connectivity index (χ0v) is 14.7. The van der Waals surface area contributed by atoms with Crippen molar-refractivity contribution in [3.05, 3.63) is 53.1 Å². The summed E-state index contributed by atoms with van der Waals surface area (Å²) in [6.07, 6.45) is 2.06. The maximum Gasteiger partial charge on any atom is 0.262 e. The van der Waals surface area contributed by atoms with E-state index in [0.29, 0.717) is 22.8 Å². The zero-order chi connectivity index (χ0) is 18.2. The molecule has 0 fully saturated rings. The number of nitrogens with one attached hydrogen (secondary N) is 2. The lowest BCUT2D eigenvalue weighted by atomic mass is 10.2. The molecule has 0 heterocycles. The Kier molecular flexibility index (Phi) is 6.65. The highest BCUT2D eigenvalue weighted by Gasteiger charge is 2.15. The van der Waals surface area contributed by atoms with Crippen LogP contribution in [0.1, 0.15) is 18.9 Å². The van der Waals surface area contributed by atoms with Crippen molar-refractivity contribution in [1.82, 2.24) is 5.43 Å². The van der Waals surface area contributed by atoms with Gasteiger partial charge in [-0.3, -0.25) is 4.79 Å². The van der Waals surface area contributed by atoms with Crippen LogP contribution in [0.3, 0.4) is 0 Å². The minimum atomic E-state index is -0.440. The average Bonchev–Trinajstić information content (AvgIpc) is 2.61. The van der Waals surface area contributed by atoms with Crippen LogP contribution in [-0.4, -0.2) is 30.4 Å². The largest absolute Gasteiger partial charge is 0.504 e. The summed E-state index contributed by atoms with van der Waals surface area (Å²) in [5.41, 5.74) is 3.95. The molecule has 6 nitrogen and oxygen atoms in total. The topological polar surface area (TPSA) is 83.0 Å². The number of ether oxygens (including phenoxy) is 1. The molecule has 0 unspecified atom stereocenters. The van der Waals surface area contributed by atoms with Gasteiger partial charge in [0.1, 0.15) is 6.04 Å². The number of carbonyl (C=O) groups is 1. The number of amides is 1. The third-order valence-electron chi connectivity index (χ3n) is 3.48. The number of benzene rings is 2. The number of methoxy groups -OCH3 is 1. The number of hydrogen-bond donors (Lipinski definition) is 3. The van der Waals surface area contributed by atoms with E-state index >= 15 is 0 Å². The van der Waals surface area contributed by atoms with Crippen LogP contribution in [-0.2, 0) is 4.79 Å². The van der Waals surface area contributed by atoms with Crippen molar-refractivity contribution in [2.75, 3.05) is 12.4 Å². The quantitative estimate of drug-likeness (QED) is 0.521. The summed E-state index contributed by atoms with van der Waals surface area (Å²) in [7, 11) is 1.46. The molecule has 25 heavy (non-hydrogen) atoms. The Labute approximate surface area is 151 Å². The molecule has 0 aromatic heterocycles. The number of aromatic hydroxyl groups is 1. The number of anilines is 1. The minimum absolute atomic E-state index is 0.0421. The van der Waals surface area contributed by atoms with E-state index in [-0.39, 0.29) is 11.7 Å². The predicted octanol–water partition coefficient (Wildman–Crippen LogP) is 3.40. The smallest absolute Gasteiger partial charge is 0.262 e. The molecule has 0 aliphatic carbocycles. The van der Waals surface area contributed by atoms with Crippen LogP contribution in [0.4, 0.5) is 5.69 Å². The van der Waals surface area contributed by atoms with Crippen molar-refractivity contribution in [2.24, 2.45) is 5.10 Å². The lowest BCUT2D eigenvalue weighted by molar-refractivity contribution is -0.121. The molecule has 2 rings (SSSR count). The molecule has 0 aliphatic rings. The predicted molar refractivity (Wildman–Crippen MR) is 99.5 cm³/mol. The van der Waals surface area contributed by atoms with Crippen molar-refractivity contribution in [3.8, 4) is 11.5 Å². The summed E-state index contributed by atoms with van der Waals surface area (Å²) in [5, 5.41) is 17.2. The number of hydrazone groups is 1. The van der Waals surface area contributed by atoms with Gasteiger partial charge < -0.3 is 15.2 Å². The highest BCUT2D eigenvalue weighted by molar-refractivity contribution is 6.30. The maximum atomic E-state index is 12.2. The van der Waals surface area contributed by atoms with Gasteiger partial charge in [-0.05, 0) is 48.4 Å². The monoisotopic (exact) mass is 361 g/mol. The normalized spacial score (nSPS) is 12.0. The first-order valence-electron chi connectivity index (χ1n) is 7.75. The molecule has 0 radical (unpaired) electrons. The molecule has 1 atom stereocenters. The number of rotatable bonds is 7. The van der Waals surface area contributed by atoms with Crippen LogP contribution in [0.15, 0.2) is 47.6 Å². The molecule has 1 amide bonds. The van der Waals surface area contributed by atoms with Gasteiger partial charge in [0.05, 0.1) is 13.3 Å². The van der Waals surface area contributed by atoms with Crippen molar-refractivity contribution < 1.29 is 14.6 Å². The summed E-state index contributed by atoms with van der Waals surface area (Å²) in [6, 6.07) is 11.5. The molecule has 0 saturated heterocycles. The number of carbonyl (C=O) groups excluding carboxylic acids is 1. The fraction of sp³-hybridized carbons (Fsp3) is 0.222. The van der Waals surface area contributed by atoms with Gasteiger partial charge in [-0.2, -0.15) is 5.10 Å². The first-order chi connectivity index (χ1) is 12.0. The third-order valence-corrected chi connectivity index (χ3v) is 3.72. The Morgan fingerprint density at radius 2 is 2.16 bits per heavy atom. The Hall–Kier alpha value is -2.73. The van der Waals surface area contributed by atoms with Gasteiger partial charge in [0, 0.05) is 10.7 Å². The Morgan fingerprint density at radius 3 is 2.84 bits per heavy atom. The van der Waals surface area contributed by atoms with E-state index in [2.05, 4.69) is 15.8 Å². The molecule has 3 N–H and O–H groups in total. The highest BCUT2D eigenvalue weighted by atomic mass is 35.5. The lowest BCUT2D eigenvalue weighted by Crippen LogP contribution is -2.36. The summed E-state index contributed by atoms with van der Waals surface area (Å²) in [6.45, 7) is 1.90. The number of phenolic OH excluding ortho intramolecular Hbond substituents is 1. The van der Waals surface area contributed by atoms with Gasteiger partial charge in [0.15, 0.2) is 11.5 Å². The fourth-order valence-electron chi connectivity index (χ4n) is 2.16. The molecular formula is C18H20ClN3O3. The van der Waals surface area contributed by atoms with Gasteiger partial charge >= 0.3 is 0 Å². The van der Waals surface area contributed by atoms with Gasteiger partial charge in [0.2, 0.25) is 0 Å². The fourth-order valence-corrected chi connectivity index (χ4v) is 2.35. The first kappa shape index (κ1) is 18.6. The number of halogens is 1. The summed E-state index contributed by atoms with van der Waals surface area (Å²) < 4.78 is 5.02. The second-order valence-electron chi connectivity index (χ2n) is 5.28. The maximum absolute atomic E-state index is 12.2. The van der Waals surface area contributed by atoms with Crippen LogP contribution in [0.5, 0.6) is 11.5 Å². The van der Waals surface area contributed by atoms with Gasteiger partial charge in [-0.15, -0.1) is 0 Å². The van der Waals surface area contributed by atoms with E-state index in [1.54, 1.807) is 24.3 Å². The van der Waals surface area contributed by atoms with Crippen LogP contribution < -0.4 is 15.5 Å². The summed E-state index contributed by atoms with van der Waals surface area (Å²) in [4.78, 5) is 12.2. The molecule has 0 spiro atoms. The van der Waals surface area contributed by atoms with E-state index in [1.807, 2.05) is 19.1 Å². The van der Waals surface area contributed by atoms with Crippen LogP contribution in [0.2, 0.25) is 5.02 Å². The van der Waals surface area contributed by atoms with Gasteiger partial charge in [-0.1, -0.05) is 24.6 Å². The average molecular weight is 362 g/mol. The van der Waals surface area contributed by atoms with E-state index in [9.17, 15) is 9.90 Å². The molecule has 2 aromatic carbocycles.